The molecule has 0 saturated heterocycles. The summed E-state index contributed by atoms with van der Waals surface area (Å²) in [6.07, 6.45) is 2.06. The van der Waals surface area contributed by atoms with Crippen molar-refractivity contribution in [2.45, 2.75) is 24.3 Å². The molecule has 0 unspecified atom stereocenters. The number of hydrogen-bond acceptors (Lipinski definition) is 5. The number of rotatable bonds is 9. The highest BCUT2D eigenvalue weighted by Gasteiger charge is 2.24. The molecule has 0 saturated carbocycles. The van der Waals surface area contributed by atoms with E-state index in [-0.39, 0.29) is 11.3 Å². The van der Waals surface area contributed by atoms with Gasteiger partial charge in [0.1, 0.15) is 11.8 Å². The fourth-order valence-electron chi connectivity index (χ4n) is 1.61. The van der Waals surface area contributed by atoms with Crippen LogP contribution >= 0.6 is 11.8 Å². The Balaban J connectivity index is 2.85. The first-order valence-corrected chi connectivity index (χ1v) is 9.25. The molecule has 0 heterocycles. The standard InChI is InChI=1S/C13H19NO5S2/c1-3-19-10-4-6-11(7-5-10)21(17,18)14-12(13(15)16)8-9-20-2/h4-7,12,14H,3,8-9H2,1-2H3,(H,15,16)/t12-/m0/s1. The van der Waals surface area contributed by atoms with Gasteiger partial charge in [0.25, 0.3) is 0 Å². The first-order valence-electron chi connectivity index (χ1n) is 6.37. The molecule has 0 fully saturated rings. The van der Waals surface area contributed by atoms with Gasteiger partial charge in [0.05, 0.1) is 11.5 Å². The molecule has 6 nitrogen and oxygen atoms in total. The van der Waals surface area contributed by atoms with Gasteiger partial charge in [0.2, 0.25) is 10.0 Å². The van der Waals surface area contributed by atoms with Gasteiger partial charge >= 0.3 is 5.97 Å². The van der Waals surface area contributed by atoms with Gasteiger partial charge in [-0.25, -0.2) is 8.42 Å². The van der Waals surface area contributed by atoms with Gasteiger partial charge in [-0.2, -0.15) is 16.5 Å². The molecule has 21 heavy (non-hydrogen) atoms. The summed E-state index contributed by atoms with van der Waals surface area (Å²) < 4.78 is 31.8. The summed E-state index contributed by atoms with van der Waals surface area (Å²) in [6.45, 7) is 2.32. The van der Waals surface area contributed by atoms with Gasteiger partial charge in [0.15, 0.2) is 0 Å². The van der Waals surface area contributed by atoms with Crippen LogP contribution in [0.1, 0.15) is 13.3 Å². The lowest BCUT2D eigenvalue weighted by Crippen LogP contribution is -2.41. The van der Waals surface area contributed by atoms with E-state index in [4.69, 9.17) is 9.84 Å². The van der Waals surface area contributed by atoms with E-state index in [1.165, 1.54) is 36.0 Å². The summed E-state index contributed by atoms with van der Waals surface area (Å²) in [5.74, 6) is -0.0601. The Labute approximate surface area is 128 Å². The lowest BCUT2D eigenvalue weighted by Gasteiger charge is -2.14. The fraction of sp³-hybridized carbons (Fsp3) is 0.462. The molecule has 0 aromatic heterocycles. The number of carboxylic acid groups (broad SMARTS) is 1. The zero-order chi connectivity index (χ0) is 15.9. The Hall–Kier alpha value is -1.25. The van der Waals surface area contributed by atoms with E-state index in [2.05, 4.69) is 4.72 Å². The van der Waals surface area contributed by atoms with Crippen molar-refractivity contribution < 1.29 is 23.1 Å². The first kappa shape index (κ1) is 17.8. The summed E-state index contributed by atoms with van der Waals surface area (Å²) in [4.78, 5) is 11.1. The van der Waals surface area contributed by atoms with Gasteiger partial charge in [-0.05, 0) is 49.6 Å². The molecule has 1 aromatic rings. The summed E-state index contributed by atoms with van der Waals surface area (Å²) in [5, 5.41) is 9.07. The Morgan fingerprint density at radius 1 is 1.38 bits per heavy atom. The quantitative estimate of drug-likeness (QED) is 0.712. The van der Waals surface area contributed by atoms with Gasteiger partial charge in [-0.15, -0.1) is 0 Å². The first-order chi connectivity index (χ1) is 9.90. The topological polar surface area (TPSA) is 92.7 Å². The highest BCUT2D eigenvalue weighted by Crippen LogP contribution is 2.16. The lowest BCUT2D eigenvalue weighted by atomic mass is 10.2. The van der Waals surface area contributed by atoms with Crippen LogP contribution in [0.5, 0.6) is 5.75 Å². The Morgan fingerprint density at radius 3 is 2.48 bits per heavy atom. The average Bonchev–Trinajstić information content (AvgIpc) is 2.44. The predicted octanol–water partition coefficient (Wildman–Crippen LogP) is 1.57. The minimum Gasteiger partial charge on any atom is -0.494 e. The summed E-state index contributed by atoms with van der Waals surface area (Å²) in [6, 6.07) is 4.72. The number of thioether (sulfide) groups is 1. The molecule has 118 valence electrons. The van der Waals surface area contributed by atoms with Crippen LogP contribution in [0.25, 0.3) is 0 Å². The molecule has 0 spiro atoms. The van der Waals surface area contributed by atoms with Crippen LogP contribution in [0.2, 0.25) is 0 Å². The molecule has 0 aliphatic heterocycles. The van der Waals surface area contributed by atoms with Crippen molar-refractivity contribution in [3.05, 3.63) is 24.3 Å². The molecule has 8 heteroatoms. The third-order valence-corrected chi connectivity index (χ3v) is 4.78. The van der Waals surface area contributed by atoms with Crippen molar-refractivity contribution in [2.24, 2.45) is 0 Å². The number of benzene rings is 1. The molecular weight excluding hydrogens is 314 g/mol. The molecule has 0 aliphatic carbocycles. The number of sulfonamides is 1. The number of aliphatic carboxylic acids is 1. The molecule has 0 bridgehead atoms. The second-order valence-corrected chi connectivity index (χ2v) is 6.90. The summed E-state index contributed by atoms with van der Waals surface area (Å²) in [5.41, 5.74) is 0. The van der Waals surface area contributed by atoms with E-state index in [9.17, 15) is 13.2 Å². The second-order valence-electron chi connectivity index (χ2n) is 4.20. The lowest BCUT2D eigenvalue weighted by molar-refractivity contribution is -0.139. The fourth-order valence-corrected chi connectivity index (χ4v) is 3.30. The molecule has 2 N–H and O–H groups in total. The zero-order valence-electron chi connectivity index (χ0n) is 11.9. The Kier molecular flexibility index (Phi) is 7.00. The molecule has 0 aliphatic rings. The molecular formula is C13H19NO5S2. The van der Waals surface area contributed by atoms with E-state index in [0.717, 1.165) is 0 Å². The van der Waals surface area contributed by atoms with Crippen molar-refractivity contribution in [2.75, 3.05) is 18.6 Å². The number of nitrogens with one attached hydrogen (secondary N) is 1. The van der Waals surface area contributed by atoms with E-state index in [1.54, 1.807) is 0 Å². The van der Waals surface area contributed by atoms with E-state index < -0.39 is 22.0 Å². The second kappa shape index (κ2) is 8.26. The van der Waals surface area contributed by atoms with E-state index in [0.29, 0.717) is 18.1 Å². The Morgan fingerprint density at radius 2 is 2.00 bits per heavy atom. The normalized spacial score (nSPS) is 12.9. The monoisotopic (exact) mass is 333 g/mol. The summed E-state index contributed by atoms with van der Waals surface area (Å²) in [7, 11) is -3.86. The molecule has 1 atom stereocenters. The van der Waals surface area contributed by atoms with Gasteiger partial charge in [-0.1, -0.05) is 0 Å². The van der Waals surface area contributed by atoms with Crippen molar-refractivity contribution in [1.29, 1.82) is 0 Å². The van der Waals surface area contributed by atoms with E-state index >= 15 is 0 Å². The third-order valence-electron chi connectivity index (χ3n) is 2.65. The van der Waals surface area contributed by atoms with Crippen LogP contribution < -0.4 is 9.46 Å². The maximum atomic E-state index is 12.2. The molecule has 0 radical (unpaired) electrons. The zero-order valence-corrected chi connectivity index (χ0v) is 13.5. The highest BCUT2D eigenvalue weighted by molar-refractivity contribution is 7.98. The third kappa shape index (κ3) is 5.56. The average molecular weight is 333 g/mol. The SMILES string of the molecule is CCOc1ccc(S(=O)(=O)N[C@@H](CCSC)C(=O)O)cc1. The van der Waals surface area contributed by atoms with Gasteiger partial charge < -0.3 is 9.84 Å². The number of carbonyl (C=O) groups is 1. The van der Waals surface area contributed by atoms with Crippen LogP contribution in [0, 0.1) is 0 Å². The molecule has 0 amide bonds. The van der Waals surface area contributed by atoms with E-state index in [1.807, 2.05) is 13.2 Å². The number of ether oxygens (including phenoxy) is 1. The van der Waals surface area contributed by atoms with Crippen LogP contribution in [-0.2, 0) is 14.8 Å². The summed E-state index contributed by atoms with van der Waals surface area (Å²) >= 11 is 1.46. The van der Waals surface area contributed by atoms with Gasteiger partial charge in [-0.3, -0.25) is 4.79 Å². The largest absolute Gasteiger partial charge is 0.494 e. The number of carboxylic acids is 1. The minimum absolute atomic E-state index is 0.0151. The van der Waals surface area contributed by atoms with Gasteiger partial charge in [0, 0.05) is 0 Å². The van der Waals surface area contributed by atoms with Crippen LogP contribution in [0.3, 0.4) is 0 Å². The maximum Gasteiger partial charge on any atom is 0.321 e. The Bertz CT molecular complexity index is 556. The van der Waals surface area contributed by atoms with Crippen molar-refractivity contribution in [3.63, 3.8) is 0 Å². The van der Waals surface area contributed by atoms with Crippen molar-refractivity contribution >= 4 is 27.8 Å². The van der Waals surface area contributed by atoms with Crippen LogP contribution in [-0.4, -0.2) is 44.2 Å². The number of hydrogen-bond donors (Lipinski definition) is 2. The maximum absolute atomic E-state index is 12.2. The van der Waals surface area contributed by atoms with Crippen molar-refractivity contribution in [1.82, 2.24) is 4.72 Å². The van der Waals surface area contributed by atoms with Crippen LogP contribution in [0.15, 0.2) is 29.2 Å². The smallest absolute Gasteiger partial charge is 0.321 e. The highest BCUT2D eigenvalue weighted by atomic mass is 32.2. The van der Waals surface area contributed by atoms with Crippen LogP contribution in [0.4, 0.5) is 0 Å². The molecule has 1 aromatic carbocycles. The minimum atomic E-state index is -3.86. The molecule has 1 rings (SSSR count). The van der Waals surface area contributed by atoms with Crippen molar-refractivity contribution in [3.8, 4) is 5.75 Å². The predicted molar refractivity (Wildman–Crippen MR) is 82.4 cm³/mol.